The Labute approximate surface area is 716 Å². The number of fused-ring (bicyclic) bond motifs is 9. The largest absolute Gasteiger partial charge is 0.310 e. The van der Waals surface area contributed by atoms with Crippen LogP contribution in [-0.4, -0.2) is 43.6 Å². The maximum Gasteiger partial charge on any atom is 0.0540 e. The summed E-state index contributed by atoms with van der Waals surface area (Å²) < 4.78 is 6.91. The van der Waals surface area contributed by atoms with E-state index < -0.39 is 0 Å². The summed E-state index contributed by atoms with van der Waals surface area (Å²) in [5, 5.41) is 7.60. The van der Waals surface area contributed by atoms with E-state index in [2.05, 4.69) is 282 Å². The van der Waals surface area contributed by atoms with Crippen LogP contribution in [0.1, 0.15) is 11.1 Å². The molecule has 21 rings (SSSR count). The second-order valence-electron chi connectivity index (χ2n) is 26.5. The molecule has 567 valence electrons. The monoisotopic (exact) mass is 2030 g/mol. The van der Waals surface area contributed by atoms with Crippen molar-refractivity contribution in [2.24, 2.45) is 0 Å². The van der Waals surface area contributed by atoms with Crippen LogP contribution in [0.4, 0.5) is 0 Å². The van der Waals surface area contributed by atoms with Crippen molar-refractivity contribution in [3.05, 3.63) is 455 Å². The first kappa shape index (κ1) is 80.9. The van der Waals surface area contributed by atoms with Gasteiger partial charge in [0.15, 0.2) is 0 Å². The molecule has 9 nitrogen and oxygen atoms in total. The molecule has 9 aromatic heterocycles. The number of aryl methyl sites for hydroxylation is 2. The summed E-state index contributed by atoms with van der Waals surface area (Å²) in [4.78, 5) is 26.4. The van der Waals surface area contributed by atoms with Crippen LogP contribution >= 0.6 is 0 Å². The standard InChI is InChI=1S/3C23H15N2.C13H12N.2C11H8N.3Ir/c3*1-2-8-17(9-3-1)21-16-18(14-15-24-21)25-22-12-6-4-10-19(22)20-11-5-7-13-23(20)25;1-10-8-13(14-9-11(10)2)12-6-4-3-5-7-12;2*1-2-6-10(7-3-1)11-8-4-5-9-12-11;;;/h3*1-8,10-16H;3-6,8-9H,1-2H3;2*1-6,8-9H;;;/q6*-1;;;. The third-order valence-corrected chi connectivity index (χ3v) is 19.4. The zero-order valence-electron chi connectivity index (χ0n) is 63.2. The first-order valence-corrected chi connectivity index (χ1v) is 37.4. The molecule has 0 N–H and O–H groups in total. The molecule has 3 radical (unpaired) electrons. The van der Waals surface area contributed by atoms with Crippen molar-refractivity contribution in [2.75, 3.05) is 0 Å². The fourth-order valence-corrected chi connectivity index (χ4v) is 13.9. The van der Waals surface area contributed by atoms with Crippen molar-refractivity contribution in [3.63, 3.8) is 0 Å². The van der Waals surface area contributed by atoms with E-state index in [-0.39, 0.29) is 60.3 Å². The zero-order valence-corrected chi connectivity index (χ0v) is 70.4. The van der Waals surface area contributed by atoms with E-state index >= 15 is 0 Å². The van der Waals surface area contributed by atoms with Crippen LogP contribution in [0.5, 0.6) is 0 Å². The molecule has 0 saturated heterocycles. The third-order valence-electron chi connectivity index (χ3n) is 19.4. The molecule has 12 heteroatoms. The summed E-state index contributed by atoms with van der Waals surface area (Å²) in [6.45, 7) is 4.17. The van der Waals surface area contributed by atoms with Gasteiger partial charge in [0.2, 0.25) is 0 Å². The summed E-state index contributed by atoms with van der Waals surface area (Å²) in [6.07, 6.45) is 11.1. The Kier molecular flexibility index (Phi) is 27.6. The SMILES string of the molecule is Cc1cnc(-c2[c-]cccc2)cc1C.[Ir].[Ir].[Ir].[c-]1ccccc1-c1cc(-n2c3ccccc3c3ccccc32)ccn1.[c-]1ccccc1-c1cc(-n2c3ccccc3c3ccccc32)ccn1.[c-]1ccccc1-c1cc(-n2c3ccccc3c3ccccc32)ccn1.[c-]1ccccc1-c1ccccn1.[c-]1ccccc1-c1ccccn1. The van der Waals surface area contributed by atoms with Gasteiger partial charge in [-0.3, -0.25) is 0 Å². The van der Waals surface area contributed by atoms with Crippen molar-refractivity contribution < 1.29 is 60.3 Å². The van der Waals surface area contributed by atoms with E-state index in [0.29, 0.717) is 0 Å². The minimum Gasteiger partial charge on any atom is -0.310 e. The Morgan fingerprint density at radius 3 is 0.655 bits per heavy atom. The van der Waals surface area contributed by atoms with Crippen molar-refractivity contribution in [3.8, 4) is 84.6 Å². The zero-order chi connectivity index (χ0) is 76.3. The predicted octanol–water partition coefficient (Wildman–Crippen LogP) is 25.2. The maximum absolute atomic E-state index is 4.54. The molecule has 0 bridgehead atoms. The number of hydrogen-bond acceptors (Lipinski definition) is 6. The van der Waals surface area contributed by atoms with Gasteiger partial charge in [-0.25, -0.2) is 0 Å². The molecule has 0 atom stereocenters. The number of rotatable bonds is 9. The molecular formula is C104H73Ir3N9-6. The van der Waals surface area contributed by atoms with Crippen LogP contribution in [0.3, 0.4) is 0 Å². The Morgan fingerprint density at radius 1 is 0.198 bits per heavy atom. The fraction of sp³-hybridized carbons (Fsp3) is 0.0192. The molecule has 0 aliphatic heterocycles. The first-order chi connectivity index (χ1) is 56.0. The van der Waals surface area contributed by atoms with Gasteiger partial charge in [0.05, 0.1) is 33.1 Å². The van der Waals surface area contributed by atoms with Gasteiger partial charge in [-0.1, -0.05) is 163 Å². The van der Waals surface area contributed by atoms with E-state index in [1.54, 1.807) is 12.4 Å². The van der Waals surface area contributed by atoms with Crippen LogP contribution < -0.4 is 0 Å². The number of hydrogen-bond donors (Lipinski definition) is 0. The van der Waals surface area contributed by atoms with Crippen molar-refractivity contribution >= 4 is 65.4 Å². The van der Waals surface area contributed by atoms with Gasteiger partial charge >= 0.3 is 0 Å². The van der Waals surface area contributed by atoms with Gasteiger partial charge in [-0.05, 0) is 120 Å². The molecule has 0 fully saturated rings. The van der Waals surface area contributed by atoms with Crippen molar-refractivity contribution in [2.45, 2.75) is 13.8 Å². The topological polar surface area (TPSA) is 92.1 Å². The van der Waals surface area contributed by atoms with Crippen LogP contribution in [0, 0.1) is 50.2 Å². The normalized spacial score (nSPS) is 10.5. The van der Waals surface area contributed by atoms with Gasteiger partial charge in [-0.15, -0.1) is 215 Å². The predicted molar refractivity (Wildman–Crippen MR) is 464 cm³/mol. The fourth-order valence-electron chi connectivity index (χ4n) is 13.9. The molecular weight excluding hydrogens is 1950 g/mol. The number of nitrogens with zero attached hydrogens (tertiary/aromatic N) is 9. The van der Waals surface area contributed by atoms with Gasteiger partial charge in [-0.2, -0.15) is 0 Å². The Balaban J connectivity index is 0.000000124. The van der Waals surface area contributed by atoms with E-state index in [1.807, 2.05) is 207 Å². The van der Waals surface area contributed by atoms with Crippen molar-refractivity contribution in [1.29, 1.82) is 0 Å². The molecule has 0 aliphatic carbocycles. The second kappa shape index (κ2) is 39.6. The summed E-state index contributed by atoms with van der Waals surface area (Å²) in [5.41, 5.74) is 24.9. The summed E-state index contributed by atoms with van der Waals surface area (Å²) in [5.74, 6) is 0. The summed E-state index contributed by atoms with van der Waals surface area (Å²) in [7, 11) is 0. The summed E-state index contributed by atoms with van der Waals surface area (Å²) >= 11 is 0. The van der Waals surface area contributed by atoms with Crippen molar-refractivity contribution in [1.82, 2.24) is 43.6 Å². The maximum atomic E-state index is 4.54. The van der Waals surface area contributed by atoms with E-state index in [0.717, 1.165) is 84.6 Å². The van der Waals surface area contributed by atoms with Crippen LogP contribution in [0.15, 0.2) is 407 Å². The third kappa shape index (κ3) is 18.7. The van der Waals surface area contributed by atoms with E-state index in [9.17, 15) is 0 Å². The number of pyridine rings is 6. The Morgan fingerprint density at radius 2 is 0.422 bits per heavy atom. The minimum atomic E-state index is 0. The van der Waals surface area contributed by atoms with Gasteiger partial charge in [0.25, 0.3) is 0 Å². The molecule has 12 aromatic carbocycles. The Bertz CT molecular complexity index is 5920. The Hall–Kier alpha value is -13.1. The van der Waals surface area contributed by atoms with Crippen LogP contribution in [0.2, 0.25) is 0 Å². The average molecular weight is 2030 g/mol. The first-order valence-electron chi connectivity index (χ1n) is 37.4. The second-order valence-corrected chi connectivity index (χ2v) is 26.5. The molecule has 0 amide bonds. The molecule has 0 saturated carbocycles. The molecule has 116 heavy (non-hydrogen) atoms. The van der Waals surface area contributed by atoms with Crippen LogP contribution in [-0.2, 0) is 60.3 Å². The average Bonchev–Trinajstić information content (AvgIpc) is 1.61. The molecule has 0 unspecified atom stereocenters. The van der Waals surface area contributed by atoms with Crippen LogP contribution in [0.25, 0.3) is 150 Å². The van der Waals surface area contributed by atoms with E-state index in [1.165, 1.54) is 76.5 Å². The minimum absolute atomic E-state index is 0. The summed E-state index contributed by atoms with van der Waals surface area (Å²) in [6, 6.07) is 144. The van der Waals surface area contributed by atoms with E-state index in [4.69, 9.17) is 0 Å². The molecule has 0 spiro atoms. The number of para-hydroxylation sites is 6. The van der Waals surface area contributed by atoms with Gasteiger partial charge < -0.3 is 43.6 Å². The molecule has 0 aliphatic rings. The molecule has 9 heterocycles. The van der Waals surface area contributed by atoms with Gasteiger partial charge in [0.1, 0.15) is 0 Å². The number of aromatic nitrogens is 9. The number of benzene rings is 12. The smallest absolute Gasteiger partial charge is 0.0540 e. The molecule has 21 aromatic rings. The van der Waals surface area contributed by atoms with Gasteiger partial charge in [0, 0.05) is 147 Å². The quantitative estimate of drug-likeness (QED) is 0.134.